The maximum Gasteiger partial charge on any atom is 0.238 e. The van der Waals surface area contributed by atoms with Crippen molar-refractivity contribution in [2.45, 2.75) is 17.5 Å². The van der Waals surface area contributed by atoms with E-state index in [1.54, 1.807) is 49.6 Å². The molecular formula is C36H30N2O6. The van der Waals surface area contributed by atoms with Gasteiger partial charge in [0.2, 0.25) is 5.91 Å². The zero-order chi connectivity index (χ0) is 30.6. The molecule has 0 saturated carbocycles. The molecule has 0 aliphatic carbocycles. The number of benzene rings is 4. The molecule has 1 N–H and O–H groups in total. The van der Waals surface area contributed by atoms with Gasteiger partial charge in [-0.25, -0.2) is 0 Å². The molecule has 1 amide bonds. The van der Waals surface area contributed by atoms with Gasteiger partial charge in [-0.05, 0) is 65.7 Å². The number of carbonyl (C=O) groups excluding carboxylic acids is 3. The van der Waals surface area contributed by atoms with Gasteiger partial charge in [0.1, 0.15) is 17.2 Å². The number of nitrogens with one attached hydrogen (secondary N) is 1. The fraction of sp³-hybridized carbons (Fsp3) is 0.194. The summed E-state index contributed by atoms with van der Waals surface area (Å²) in [6.45, 7) is 0. The third kappa shape index (κ3) is 3.80. The lowest BCUT2D eigenvalue weighted by atomic mass is 9.64. The van der Waals surface area contributed by atoms with Crippen LogP contribution < -0.4 is 24.4 Å². The molecule has 0 aromatic heterocycles. The van der Waals surface area contributed by atoms with Crippen molar-refractivity contribution in [1.82, 2.24) is 0 Å². The van der Waals surface area contributed by atoms with E-state index in [1.807, 2.05) is 65.6 Å². The summed E-state index contributed by atoms with van der Waals surface area (Å²) in [5, 5.41) is 3.05. The van der Waals surface area contributed by atoms with Crippen molar-refractivity contribution >= 4 is 34.9 Å². The Hall–Kier alpha value is -5.37. The van der Waals surface area contributed by atoms with Crippen LogP contribution in [0.5, 0.6) is 17.2 Å². The monoisotopic (exact) mass is 586 g/mol. The molecule has 4 atom stereocenters. The van der Waals surface area contributed by atoms with Crippen molar-refractivity contribution in [2.24, 2.45) is 5.92 Å². The van der Waals surface area contributed by atoms with Crippen molar-refractivity contribution in [2.75, 3.05) is 31.5 Å². The Morgan fingerprint density at radius 3 is 2.23 bits per heavy atom. The standard InChI is InChI=1S/C36H30N2O6/c1-42-24-16-12-22(13-17-24)34(40)32-31(33(39)23-14-18-28(43-2)29(20-23)44-3)36(25-9-5-6-10-26(25)37-35(36)41)30-19-15-21-8-4-7-11-27(21)38(30)32/h4-20,30-32H,1-3H3,(H,37,41)/t30-,31+,32-,36-/m1/s1. The van der Waals surface area contributed by atoms with Gasteiger partial charge < -0.3 is 24.4 Å². The van der Waals surface area contributed by atoms with Crippen molar-refractivity contribution in [3.63, 3.8) is 0 Å². The summed E-state index contributed by atoms with van der Waals surface area (Å²) in [6.07, 6.45) is 3.94. The van der Waals surface area contributed by atoms with Gasteiger partial charge in [0.05, 0.1) is 33.3 Å². The van der Waals surface area contributed by atoms with Gasteiger partial charge >= 0.3 is 0 Å². The van der Waals surface area contributed by atoms with Gasteiger partial charge in [-0.3, -0.25) is 14.4 Å². The third-order valence-electron chi connectivity index (χ3n) is 9.14. The summed E-state index contributed by atoms with van der Waals surface area (Å²) in [5.74, 6) is -0.575. The molecule has 1 saturated heterocycles. The molecule has 220 valence electrons. The van der Waals surface area contributed by atoms with E-state index >= 15 is 4.79 Å². The van der Waals surface area contributed by atoms with Crippen LogP contribution in [-0.2, 0) is 10.2 Å². The highest BCUT2D eigenvalue weighted by Gasteiger charge is 2.70. The lowest BCUT2D eigenvalue weighted by molar-refractivity contribution is -0.121. The summed E-state index contributed by atoms with van der Waals surface area (Å²) in [7, 11) is 4.59. The summed E-state index contributed by atoms with van der Waals surface area (Å²) < 4.78 is 16.3. The summed E-state index contributed by atoms with van der Waals surface area (Å²) in [6, 6.07) is 25.3. The Kier molecular flexibility index (Phi) is 6.50. The predicted molar refractivity (Wildman–Crippen MR) is 167 cm³/mol. The maximum atomic E-state index is 15.0. The van der Waals surface area contributed by atoms with Crippen molar-refractivity contribution in [3.8, 4) is 17.2 Å². The topological polar surface area (TPSA) is 94.2 Å². The fourth-order valence-electron chi connectivity index (χ4n) is 7.21. The van der Waals surface area contributed by atoms with E-state index in [2.05, 4.69) is 5.32 Å². The number of hydrogen-bond acceptors (Lipinski definition) is 7. The van der Waals surface area contributed by atoms with E-state index in [0.29, 0.717) is 39.6 Å². The smallest absolute Gasteiger partial charge is 0.238 e. The van der Waals surface area contributed by atoms with Crippen molar-refractivity contribution in [1.29, 1.82) is 0 Å². The molecule has 4 aromatic rings. The zero-order valence-corrected chi connectivity index (χ0v) is 24.4. The van der Waals surface area contributed by atoms with Crippen LogP contribution in [0.3, 0.4) is 0 Å². The first kappa shape index (κ1) is 27.5. The van der Waals surface area contributed by atoms with E-state index in [-0.39, 0.29) is 17.5 Å². The molecule has 3 aliphatic heterocycles. The molecule has 1 fully saturated rings. The molecule has 1 spiro atoms. The van der Waals surface area contributed by atoms with Crippen LogP contribution in [0.2, 0.25) is 0 Å². The maximum absolute atomic E-state index is 15.0. The second kappa shape index (κ2) is 10.4. The molecule has 0 radical (unpaired) electrons. The number of para-hydroxylation sites is 2. The first-order valence-corrected chi connectivity index (χ1v) is 14.3. The van der Waals surface area contributed by atoms with Crippen molar-refractivity contribution in [3.05, 3.63) is 119 Å². The SMILES string of the molecule is COc1ccc(C(=O)[C@H]2[C@@H](C(=O)c3ccc(OC)c(OC)c3)[C@]3(C(=O)Nc4ccccc43)[C@H]3C=Cc4ccccc4N23)cc1. The summed E-state index contributed by atoms with van der Waals surface area (Å²) in [5.41, 5.74) is 2.32. The van der Waals surface area contributed by atoms with Crippen LogP contribution in [0.25, 0.3) is 6.08 Å². The zero-order valence-electron chi connectivity index (χ0n) is 24.4. The number of amides is 1. The summed E-state index contributed by atoms with van der Waals surface area (Å²) in [4.78, 5) is 46.3. The Labute approximate surface area is 254 Å². The van der Waals surface area contributed by atoms with Gasteiger partial charge in [-0.1, -0.05) is 48.6 Å². The van der Waals surface area contributed by atoms with Crippen LogP contribution in [0.4, 0.5) is 11.4 Å². The third-order valence-corrected chi connectivity index (χ3v) is 9.14. The second-order valence-electron chi connectivity index (χ2n) is 11.1. The number of rotatable bonds is 7. The number of anilines is 2. The lowest BCUT2D eigenvalue weighted by Gasteiger charge is -2.37. The molecule has 44 heavy (non-hydrogen) atoms. The highest BCUT2D eigenvalue weighted by atomic mass is 16.5. The predicted octanol–water partition coefficient (Wildman–Crippen LogP) is 5.57. The highest BCUT2D eigenvalue weighted by molar-refractivity contribution is 6.18. The highest BCUT2D eigenvalue weighted by Crippen LogP contribution is 2.58. The Morgan fingerprint density at radius 2 is 1.48 bits per heavy atom. The van der Waals surface area contributed by atoms with E-state index < -0.39 is 23.4 Å². The van der Waals surface area contributed by atoms with E-state index in [9.17, 15) is 9.59 Å². The van der Waals surface area contributed by atoms with Crippen molar-refractivity contribution < 1.29 is 28.6 Å². The Morgan fingerprint density at radius 1 is 0.773 bits per heavy atom. The molecule has 8 heteroatoms. The number of hydrogen-bond donors (Lipinski definition) is 1. The molecule has 0 bridgehead atoms. The average Bonchev–Trinajstić information content (AvgIpc) is 3.55. The molecule has 0 unspecified atom stereocenters. The average molecular weight is 587 g/mol. The van der Waals surface area contributed by atoms with Crippen LogP contribution >= 0.6 is 0 Å². The van der Waals surface area contributed by atoms with E-state index in [4.69, 9.17) is 14.2 Å². The van der Waals surface area contributed by atoms with Gasteiger partial charge in [0.15, 0.2) is 23.1 Å². The molecule has 3 heterocycles. The van der Waals surface area contributed by atoms with Crippen LogP contribution in [-0.4, -0.2) is 50.9 Å². The molecule has 7 rings (SSSR count). The second-order valence-corrected chi connectivity index (χ2v) is 11.1. The number of nitrogens with zero attached hydrogens (tertiary/aromatic N) is 1. The van der Waals surface area contributed by atoms with Gasteiger partial charge in [-0.15, -0.1) is 0 Å². The largest absolute Gasteiger partial charge is 0.497 e. The number of ether oxygens (including phenoxy) is 3. The normalized spacial score (nSPS) is 22.6. The molecular weight excluding hydrogens is 556 g/mol. The van der Waals surface area contributed by atoms with Crippen LogP contribution in [0.1, 0.15) is 31.8 Å². The number of carbonyl (C=O) groups is 3. The Bertz CT molecular complexity index is 1850. The number of methoxy groups -OCH3 is 3. The first-order valence-electron chi connectivity index (χ1n) is 14.3. The van der Waals surface area contributed by atoms with E-state index in [1.165, 1.54) is 14.2 Å². The first-order chi connectivity index (χ1) is 21.4. The lowest BCUT2D eigenvalue weighted by Crippen LogP contribution is -2.51. The quantitative estimate of drug-likeness (QED) is 0.283. The number of Topliss-reactive ketones (excluding diaryl/α,β-unsaturated/α-hetero) is 2. The molecule has 8 nitrogen and oxygen atoms in total. The Balaban J connectivity index is 1.51. The number of ketones is 2. The van der Waals surface area contributed by atoms with Gasteiger partial charge in [0.25, 0.3) is 0 Å². The molecule has 4 aromatic carbocycles. The van der Waals surface area contributed by atoms with Crippen LogP contribution in [0, 0.1) is 5.92 Å². The van der Waals surface area contributed by atoms with Crippen LogP contribution in [0.15, 0.2) is 97.1 Å². The number of fused-ring (bicyclic) bond motifs is 6. The van der Waals surface area contributed by atoms with Gasteiger partial charge in [0, 0.05) is 22.5 Å². The van der Waals surface area contributed by atoms with E-state index in [0.717, 1.165) is 11.3 Å². The minimum atomic E-state index is -1.41. The molecule has 3 aliphatic rings. The summed E-state index contributed by atoms with van der Waals surface area (Å²) >= 11 is 0. The minimum absolute atomic E-state index is 0.268. The minimum Gasteiger partial charge on any atom is -0.497 e. The van der Waals surface area contributed by atoms with Gasteiger partial charge in [-0.2, -0.15) is 0 Å². The fourth-order valence-corrected chi connectivity index (χ4v) is 7.21.